The van der Waals surface area contributed by atoms with Crippen LogP contribution in [0.25, 0.3) is 22.5 Å². The van der Waals surface area contributed by atoms with Crippen LogP contribution in [0.15, 0.2) is 65.2 Å². The Labute approximate surface area is 177 Å². The van der Waals surface area contributed by atoms with Crippen molar-refractivity contribution in [2.45, 2.75) is 6.92 Å². The number of carbonyl (C=O) groups excluding carboxylic acids is 2. The number of ether oxygens (including phenoxy) is 1. The van der Waals surface area contributed by atoms with Crippen molar-refractivity contribution in [1.29, 1.82) is 0 Å². The second-order valence-corrected chi connectivity index (χ2v) is 6.75. The molecule has 0 bridgehead atoms. The van der Waals surface area contributed by atoms with E-state index in [1.165, 1.54) is 6.07 Å². The molecule has 9 nitrogen and oxygen atoms in total. The highest BCUT2D eigenvalue weighted by Gasteiger charge is 2.16. The third-order valence-electron chi connectivity index (χ3n) is 4.58. The first-order valence-electron chi connectivity index (χ1n) is 9.38. The van der Waals surface area contributed by atoms with Crippen LogP contribution in [0.4, 0.5) is 0 Å². The lowest BCUT2D eigenvalue weighted by Gasteiger charge is -2.03. The Kier molecular flexibility index (Phi) is 5.48. The number of nitrogens with zero attached hydrogens (tertiary/aromatic N) is 2. The number of aryl methyl sites for hydroxylation is 1. The third-order valence-corrected chi connectivity index (χ3v) is 4.58. The third kappa shape index (κ3) is 4.45. The molecule has 0 saturated carbocycles. The van der Waals surface area contributed by atoms with Crippen LogP contribution in [0, 0.1) is 6.92 Å². The van der Waals surface area contributed by atoms with E-state index in [9.17, 15) is 9.59 Å². The lowest BCUT2D eigenvalue weighted by Crippen LogP contribution is -2.41. The van der Waals surface area contributed by atoms with Crippen LogP contribution in [0.5, 0.6) is 5.75 Å². The lowest BCUT2D eigenvalue weighted by atomic mass is 10.1. The van der Waals surface area contributed by atoms with Gasteiger partial charge in [0.1, 0.15) is 17.1 Å². The van der Waals surface area contributed by atoms with Crippen LogP contribution in [0.1, 0.15) is 26.6 Å². The monoisotopic (exact) mass is 417 g/mol. The summed E-state index contributed by atoms with van der Waals surface area (Å²) in [6.45, 7) is 1.98. The SMILES string of the molecule is COc1ccc(-c2cc(C(=O)NNC(=O)c3cc(-c4ccc(C)cc4)no3)[nH]n2)cc1. The fraction of sp³-hybridized carbons (Fsp3) is 0.0909. The summed E-state index contributed by atoms with van der Waals surface area (Å²) in [4.78, 5) is 24.6. The maximum atomic E-state index is 12.3. The maximum absolute atomic E-state index is 12.3. The fourth-order valence-electron chi connectivity index (χ4n) is 2.83. The average Bonchev–Trinajstić information content (AvgIpc) is 3.48. The van der Waals surface area contributed by atoms with Gasteiger partial charge in [0.2, 0.25) is 5.76 Å². The summed E-state index contributed by atoms with van der Waals surface area (Å²) >= 11 is 0. The van der Waals surface area contributed by atoms with Crippen LogP contribution < -0.4 is 15.6 Å². The maximum Gasteiger partial charge on any atom is 0.308 e. The number of benzene rings is 2. The molecule has 0 aliphatic heterocycles. The smallest absolute Gasteiger partial charge is 0.308 e. The van der Waals surface area contributed by atoms with Crippen LogP contribution >= 0.6 is 0 Å². The Bertz CT molecular complexity index is 1210. The molecule has 2 aromatic heterocycles. The summed E-state index contributed by atoms with van der Waals surface area (Å²) in [6, 6.07) is 18.0. The summed E-state index contributed by atoms with van der Waals surface area (Å²) in [5.74, 6) is -0.495. The van der Waals surface area contributed by atoms with Gasteiger partial charge in [0.15, 0.2) is 0 Å². The molecule has 0 unspecified atom stereocenters. The quantitative estimate of drug-likeness (QED) is 0.429. The minimum atomic E-state index is -0.630. The highest BCUT2D eigenvalue weighted by molar-refractivity contribution is 5.97. The van der Waals surface area contributed by atoms with Crippen LogP contribution in [0.3, 0.4) is 0 Å². The van der Waals surface area contributed by atoms with Gasteiger partial charge in [-0.15, -0.1) is 0 Å². The normalized spacial score (nSPS) is 10.5. The molecule has 0 radical (unpaired) electrons. The van der Waals surface area contributed by atoms with Crippen LogP contribution in [0.2, 0.25) is 0 Å². The molecule has 2 amide bonds. The molecule has 2 aromatic carbocycles. The zero-order valence-electron chi connectivity index (χ0n) is 16.8. The molecule has 0 aliphatic rings. The van der Waals surface area contributed by atoms with Gasteiger partial charge >= 0.3 is 5.91 Å². The Morgan fingerprint density at radius 2 is 1.55 bits per heavy atom. The van der Waals surface area contributed by atoms with Crippen molar-refractivity contribution >= 4 is 11.8 Å². The van der Waals surface area contributed by atoms with Gasteiger partial charge in [-0.25, -0.2) is 0 Å². The van der Waals surface area contributed by atoms with Crippen molar-refractivity contribution in [2.75, 3.05) is 7.11 Å². The number of aromatic nitrogens is 3. The number of hydrogen-bond acceptors (Lipinski definition) is 6. The van der Waals surface area contributed by atoms with E-state index in [-0.39, 0.29) is 11.5 Å². The van der Waals surface area contributed by atoms with E-state index >= 15 is 0 Å². The average molecular weight is 417 g/mol. The highest BCUT2D eigenvalue weighted by atomic mass is 16.5. The summed E-state index contributed by atoms with van der Waals surface area (Å²) in [5.41, 5.74) is 8.65. The number of hydrazine groups is 1. The Morgan fingerprint density at radius 1 is 0.903 bits per heavy atom. The molecule has 31 heavy (non-hydrogen) atoms. The number of rotatable bonds is 5. The molecule has 3 N–H and O–H groups in total. The Morgan fingerprint density at radius 3 is 2.26 bits per heavy atom. The lowest BCUT2D eigenvalue weighted by molar-refractivity contribution is 0.0823. The minimum Gasteiger partial charge on any atom is -0.497 e. The summed E-state index contributed by atoms with van der Waals surface area (Å²) < 4.78 is 10.2. The van der Waals surface area contributed by atoms with Gasteiger partial charge in [0, 0.05) is 17.2 Å². The molecule has 4 rings (SSSR count). The molecule has 0 atom stereocenters. The molecular weight excluding hydrogens is 398 g/mol. The first-order chi connectivity index (χ1) is 15.0. The van der Waals surface area contributed by atoms with Crippen LogP contribution in [-0.2, 0) is 0 Å². The molecular formula is C22H19N5O4. The van der Waals surface area contributed by atoms with Crippen molar-refractivity contribution in [3.05, 3.63) is 77.7 Å². The second-order valence-electron chi connectivity index (χ2n) is 6.75. The van der Waals surface area contributed by atoms with E-state index in [1.54, 1.807) is 25.3 Å². The number of amides is 2. The molecule has 9 heteroatoms. The van der Waals surface area contributed by atoms with Gasteiger partial charge in [-0.2, -0.15) is 5.10 Å². The predicted molar refractivity (Wildman–Crippen MR) is 112 cm³/mol. The van der Waals surface area contributed by atoms with E-state index in [0.717, 1.165) is 22.4 Å². The number of H-pyrrole nitrogens is 1. The number of methoxy groups -OCH3 is 1. The number of nitrogens with one attached hydrogen (secondary N) is 3. The summed E-state index contributed by atoms with van der Waals surface area (Å²) in [6.07, 6.45) is 0. The van der Waals surface area contributed by atoms with Gasteiger partial charge in [-0.05, 0) is 37.3 Å². The standard InChI is InChI=1S/C22H19N5O4/c1-13-3-5-15(6-4-13)18-12-20(31-27-18)22(29)26-25-21(28)19-11-17(23-24-19)14-7-9-16(30-2)10-8-14/h3-12H,1-2H3,(H,23,24)(H,25,28)(H,26,29). The zero-order chi connectivity index (χ0) is 21.8. The summed E-state index contributed by atoms with van der Waals surface area (Å²) in [5, 5.41) is 10.7. The Hall–Kier alpha value is -4.40. The number of carbonyl (C=O) groups is 2. The van der Waals surface area contributed by atoms with E-state index in [4.69, 9.17) is 9.26 Å². The van der Waals surface area contributed by atoms with Gasteiger partial charge in [-0.1, -0.05) is 35.0 Å². The van der Waals surface area contributed by atoms with Crippen molar-refractivity contribution in [1.82, 2.24) is 26.2 Å². The number of aromatic amines is 1. The highest BCUT2D eigenvalue weighted by Crippen LogP contribution is 2.21. The molecule has 4 aromatic rings. The van der Waals surface area contributed by atoms with E-state index in [1.807, 2.05) is 43.3 Å². The predicted octanol–water partition coefficient (Wildman–Crippen LogP) is 3.12. The van der Waals surface area contributed by atoms with Crippen molar-refractivity contribution in [3.8, 4) is 28.3 Å². The first kappa shape index (κ1) is 19.9. The fourth-order valence-corrected chi connectivity index (χ4v) is 2.83. The van der Waals surface area contributed by atoms with E-state index in [0.29, 0.717) is 11.4 Å². The zero-order valence-corrected chi connectivity index (χ0v) is 16.8. The van der Waals surface area contributed by atoms with Crippen LogP contribution in [-0.4, -0.2) is 34.3 Å². The largest absolute Gasteiger partial charge is 0.497 e. The molecule has 0 fully saturated rings. The molecule has 2 heterocycles. The van der Waals surface area contributed by atoms with Crippen molar-refractivity contribution in [2.24, 2.45) is 0 Å². The molecule has 0 aliphatic carbocycles. The topological polar surface area (TPSA) is 122 Å². The van der Waals surface area contributed by atoms with E-state index in [2.05, 4.69) is 26.2 Å². The molecule has 156 valence electrons. The second kappa shape index (κ2) is 8.54. The molecule has 0 saturated heterocycles. The summed E-state index contributed by atoms with van der Waals surface area (Å²) in [7, 11) is 1.59. The van der Waals surface area contributed by atoms with Crippen molar-refractivity contribution < 1.29 is 18.8 Å². The van der Waals surface area contributed by atoms with Gasteiger partial charge in [-0.3, -0.25) is 25.5 Å². The van der Waals surface area contributed by atoms with Gasteiger partial charge in [0.05, 0.1) is 12.8 Å². The van der Waals surface area contributed by atoms with E-state index < -0.39 is 11.8 Å². The molecule has 0 spiro atoms. The van der Waals surface area contributed by atoms with Crippen molar-refractivity contribution in [3.63, 3.8) is 0 Å². The first-order valence-corrected chi connectivity index (χ1v) is 9.38. The number of hydrogen-bond donors (Lipinski definition) is 3. The van der Waals surface area contributed by atoms with Gasteiger partial charge in [0.25, 0.3) is 5.91 Å². The minimum absolute atomic E-state index is 0.0283. The Balaban J connectivity index is 1.37. The van der Waals surface area contributed by atoms with Gasteiger partial charge < -0.3 is 9.26 Å².